The van der Waals surface area contributed by atoms with E-state index in [9.17, 15) is 22.4 Å². The van der Waals surface area contributed by atoms with Crippen molar-refractivity contribution in [2.45, 2.75) is 6.43 Å². The van der Waals surface area contributed by atoms with Gasteiger partial charge in [0, 0.05) is 18.3 Å². The van der Waals surface area contributed by atoms with Crippen LogP contribution in [0.2, 0.25) is 5.15 Å². The second-order valence-electron chi connectivity index (χ2n) is 5.60. The number of amides is 1. The molecule has 3 aromatic rings. The number of hydrogen-bond donors (Lipinski definition) is 1. The number of carbonyl (C=O) groups is 1. The average molecular weight is 398 g/mol. The number of nitrogens with one attached hydrogen (secondary N) is 1. The summed E-state index contributed by atoms with van der Waals surface area (Å²) in [5.41, 5.74) is -0.176. The van der Waals surface area contributed by atoms with Gasteiger partial charge in [0.05, 0.1) is 0 Å². The van der Waals surface area contributed by atoms with Gasteiger partial charge in [0.1, 0.15) is 11.3 Å². The molecule has 1 amide bonds. The first-order valence-corrected chi connectivity index (χ1v) is 8.03. The molecule has 0 unspecified atom stereocenters. The van der Waals surface area contributed by atoms with Crippen molar-refractivity contribution in [1.82, 2.24) is 9.78 Å². The van der Waals surface area contributed by atoms with Crippen LogP contribution in [0.3, 0.4) is 0 Å². The number of hydrogen-bond acceptors (Lipinski definition) is 2. The van der Waals surface area contributed by atoms with Crippen molar-refractivity contribution in [2.24, 2.45) is 7.05 Å². The molecule has 27 heavy (non-hydrogen) atoms. The van der Waals surface area contributed by atoms with Crippen molar-refractivity contribution >= 4 is 23.2 Å². The molecule has 0 aliphatic rings. The normalized spacial score (nSPS) is 11.1. The minimum atomic E-state index is -2.96. The van der Waals surface area contributed by atoms with Gasteiger partial charge in [0.2, 0.25) is 0 Å². The number of nitrogens with zero attached hydrogens (tertiary/aromatic N) is 2. The van der Waals surface area contributed by atoms with Gasteiger partial charge >= 0.3 is 0 Å². The molecule has 9 heteroatoms. The maximum atomic E-state index is 13.5. The monoisotopic (exact) mass is 397 g/mol. The van der Waals surface area contributed by atoms with E-state index >= 15 is 0 Å². The van der Waals surface area contributed by atoms with Crippen LogP contribution < -0.4 is 5.32 Å². The summed E-state index contributed by atoms with van der Waals surface area (Å²) in [4.78, 5) is 12.6. The van der Waals surface area contributed by atoms with E-state index in [2.05, 4.69) is 10.4 Å². The molecule has 0 saturated heterocycles. The Kier molecular flexibility index (Phi) is 5.18. The van der Waals surface area contributed by atoms with Crippen LogP contribution in [0.25, 0.3) is 11.1 Å². The Morgan fingerprint density at radius 3 is 2.52 bits per heavy atom. The van der Waals surface area contributed by atoms with E-state index < -0.39 is 35.2 Å². The van der Waals surface area contributed by atoms with Crippen molar-refractivity contribution in [3.8, 4) is 11.1 Å². The topological polar surface area (TPSA) is 46.9 Å². The molecule has 0 aliphatic heterocycles. The van der Waals surface area contributed by atoms with Gasteiger partial charge < -0.3 is 5.32 Å². The van der Waals surface area contributed by atoms with E-state index in [0.29, 0.717) is 11.1 Å². The van der Waals surface area contributed by atoms with Gasteiger partial charge in [0.25, 0.3) is 12.3 Å². The minimum Gasteiger partial charge on any atom is -0.321 e. The molecule has 0 radical (unpaired) electrons. The summed E-state index contributed by atoms with van der Waals surface area (Å²) in [7, 11) is 1.25. The third kappa shape index (κ3) is 3.66. The number of aryl methyl sites for hydroxylation is 1. The van der Waals surface area contributed by atoms with E-state index in [4.69, 9.17) is 11.6 Å². The van der Waals surface area contributed by atoms with Gasteiger partial charge in [-0.1, -0.05) is 35.9 Å². The number of alkyl halides is 2. The van der Waals surface area contributed by atoms with Gasteiger partial charge in [0.15, 0.2) is 16.8 Å². The fourth-order valence-electron chi connectivity index (χ4n) is 2.66. The highest BCUT2D eigenvalue weighted by Crippen LogP contribution is 2.32. The predicted molar refractivity (Wildman–Crippen MR) is 92.9 cm³/mol. The van der Waals surface area contributed by atoms with Crippen LogP contribution in [0.15, 0.2) is 42.5 Å². The van der Waals surface area contributed by atoms with E-state index in [1.165, 1.54) is 19.2 Å². The van der Waals surface area contributed by atoms with Gasteiger partial charge in [-0.05, 0) is 23.8 Å². The summed E-state index contributed by atoms with van der Waals surface area (Å²) in [5.74, 6) is -2.95. The zero-order chi connectivity index (χ0) is 19.7. The molecular weight excluding hydrogens is 386 g/mol. The second-order valence-corrected chi connectivity index (χ2v) is 5.96. The Morgan fingerprint density at radius 1 is 1.15 bits per heavy atom. The Hall–Kier alpha value is -2.87. The van der Waals surface area contributed by atoms with E-state index in [0.717, 1.165) is 16.8 Å². The van der Waals surface area contributed by atoms with E-state index in [1.54, 1.807) is 18.2 Å². The number of anilines is 1. The molecule has 0 atom stereocenters. The first-order valence-electron chi connectivity index (χ1n) is 7.66. The molecule has 2 aromatic carbocycles. The van der Waals surface area contributed by atoms with Crippen molar-refractivity contribution in [2.75, 3.05) is 5.32 Å². The van der Waals surface area contributed by atoms with Gasteiger partial charge in [-0.25, -0.2) is 17.6 Å². The molecule has 1 N–H and O–H groups in total. The van der Waals surface area contributed by atoms with Gasteiger partial charge in [-0.15, -0.1) is 0 Å². The molecule has 0 bridgehead atoms. The maximum Gasteiger partial charge on any atom is 0.280 e. The average Bonchev–Trinajstić information content (AvgIpc) is 2.92. The van der Waals surface area contributed by atoms with Crippen LogP contribution in [-0.4, -0.2) is 15.7 Å². The SMILES string of the molecule is Cn1nc(Cl)c(C(=O)Nc2ccccc2-c2ccc(F)c(F)c2)c1C(F)F. The lowest BCUT2D eigenvalue weighted by molar-refractivity contribution is 0.100. The smallest absolute Gasteiger partial charge is 0.280 e. The highest BCUT2D eigenvalue weighted by molar-refractivity contribution is 6.33. The lowest BCUT2D eigenvalue weighted by Gasteiger charge is -2.12. The van der Waals surface area contributed by atoms with Crippen LogP contribution in [0, 0.1) is 11.6 Å². The zero-order valence-electron chi connectivity index (χ0n) is 13.8. The van der Waals surface area contributed by atoms with E-state index in [1.807, 2.05) is 0 Å². The predicted octanol–water partition coefficient (Wildman–Crippen LogP) is 5.21. The molecule has 0 aliphatic carbocycles. The van der Waals surface area contributed by atoms with Crippen LogP contribution in [0.5, 0.6) is 0 Å². The Morgan fingerprint density at radius 2 is 1.85 bits per heavy atom. The molecular formula is C18H12ClF4N3O. The van der Waals surface area contributed by atoms with Crippen LogP contribution in [0.1, 0.15) is 22.5 Å². The summed E-state index contributed by atoms with van der Waals surface area (Å²) >= 11 is 5.83. The maximum absolute atomic E-state index is 13.5. The molecule has 0 saturated carbocycles. The van der Waals surface area contributed by atoms with Gasteiger partial charge in [-0.2, -0.15) is 5.10 Å². The molecule has 1 heterocycles. The highest BCUT2D eigenvalue weighted by Gasteiger charge is 2.28. The number of halogens is 5. The highest BCUT2D eigenvalue weighted by atomic mass is 35.5. The number of carbonyl (C=O) groups excluding carboxylic acids is 1. The Bertz CT molecular complexity index is 1020. The third-order valence-corrected chi connectivity index (χ3v) is 4.15. The summed E-state index contributed by atoms with van der Waals surface area (Å²) < 4.78 is 54.1. The standard InChI is InChI=1S/C18H12ClF4N3O/c1-26-15(17(22)23)14(16(19)25-26)18(27)24-13-5-3-2-4-10(13)9-6-7-11(20)12(21)8-9/h2-8,17H,1H3,(H,24,27). The van der Waals surface area contributed by atoms with Crippen molar-refractivity contribution in [3.63, 3.8) is 0 Å². The lowest BCUT2D eigenvalue weighted by Crippen LogP contribution is -2.15. The number of rotatable bonds is 4. The quantitative estimate of drug-likeness (QED) is 0.614. The zero-order valence-corrected chi connectivity index (χ0v) is 14.6. The first kappa shape index (κ1) is 18.9. The number of benzene rings is 2. The summed E-state index contributed by atoms with van der Waals surface area (Å²) in [5, 5.41) is 5.76. The van der Waals surface area contributed by atoms with Crippen LogP contribution in [-0.2, 0) is 7.05 Å². The molecule has 0 fully saturated rings. The number of aromatic nitrogens is 2. The van der Waals surface area contributed by atoms with Crippen molar-refractivity contribution in [3.05, 3.63) is 70.5 Å². The van der Waals surface area contributed by atoms with Crippen LogP contribution >= 0.6 is 11.6 Å². The van der Waals surface area contributed by atoms with E-state index in [-0.39, 0.29) is 10.8 Å². The van der Waals surface area contributed by atoms with Crippen molar-refractivity contribution in [1.29, 1.82) is 0 Å². The van der Waals surface area contributed by atoms with Gasteiger partial charge in [-0.3, -0.25) is 9.48 Å². The summed E-state index contributed by atoms with van der Waals surface area (Å²) in [6, 6.07) is 9.57. The fraction of sp³-hybridized carbons (Fsp3) is 0.111. The lowest BCUT2D eigenvalue weighted by atomic mass is 10.0. The third-order valence-electron chi connectivity index (χ3n) is 3.89. The molecule has 3 rings (SSSR count). The Labute approximate surface area is 156 Å². The molecule has 4 nitrogen and oxygen atoms in total. The minimum absolute atomic E-state index is 0.216. The second kappa shape index (κ2) is 7.40. The number of para-hydroxylation sites is 1. The Balaban J connectivity index is 2.00. The molecule has 140 valence electrons. The summed E-state index contributed by atoms with van der Waals surface area (Å²) in [6.07, 6.45) is -2.96. The van der Waals surface area contributed by atoms with Crippen molar-refractivity contribution < 1.29 is 22.4 Å². The largest absolute Gasteiger partial charge is 0.321 e. The van der Waals surface area contributed by atoms with Crippen LogP contribution in [0.4, 0.5) is 23.2 Å². The summed E-state index contributed by atoms with van der Waals surface area (Å²) in [6.45, 7) is 0. The first-order chi connectivity index (χ1) is 12.8. The molecule has 1 aromatic heterocycles. The molecule has 0 spiro atoms. The fourth-order valence-corrected chi connectivity index (χ4v) is 2.95.